The van der Waals surface area contributed by atoms with Crippen LogP contribution in [0.2, 0.25) is 0 Å². The number of hydrogen-bond acceptors (Lipinski definition) is 5. The highest BCUT2D eigenvalue weighted by molar-refractivity contribution is 6.09. The van der Waals surface area contributed by atoms with Crippen molar-refractivity contribution >= 4 is 23.6 Å². The average molecular weight is 715 g/mol. The predicted molar refractivity (Wildman–Crippen MR) is 203 cm³/mol. The maximum Gasteiger partial charge on any atom is 0.243 e. The Balaban J connectivity index is 1.29. The highest BCUT2D eigenvalue weighted by Gasteiger charge is 2.78. The monoisotopic (exact) mass is 714 g/mol. The Hall–Kier alpha value is -5.02. The summed E-state index contributed by atoms with van der Waals surface area (Å²) in [4.78, 5) is 58.2. The number of nitrogens with one attached hydrogen (secondary N) is 4. The van der Waals surface area contributed by atoms with Gasteiger partial charge in [0.25, 0.3) is 0 Å². The van der Waals surface area contributed by atoms with Crippen LogP contribution in [-0.4, -0.2) is 60.0 Å². The van der Waals surface area contributed by atoms with E-state index < -0.39 is 46.7 Å². The summed E-state index contributed by atoms with van der Waals surface area (Å²) < 4.78 is 6.49. The number of epoxide rings is 1. The van der Waals surface area contributed by atoms with E-state index in [0.717, 1.165) is 36.0 Å². The number of carbonyl (C=O) groups is 4. The molecule has 4 amide bonds. The number of rotatable bonds is 6. The number of amides is 4. The Kier molecular flexibility index (Phi) is 10.6. The molecule has 3 aromatic rings. The Morgan fingerprint density at radius 1 is 0.660 bits per heavy atom. The van der Waals surface area contributed by atoms with Gasteiger partial charge in [0, 0.05) is 37.3 Å². The van der Waals surface area contributed by atoms with Crippen molar-refractivity contribution in [3.8, 4) is 0 Å². The van der Waals surface area contributed by atoms with Crippen LogP contribution >= 0.6 is 0 Å². The van der Waals surface area contributed by atoms with Crippen molar-refractivity contribution in [3.63, 3.8) is 0 Å². The third-order valence-corrected chi connectivity index (χ3v) is 12.0. The zero-order valence-electron chi connectivity index (χ0n) is 30.5. The summed E-state index contributed by atoms with van der Waals surface area (Å²) in [5.74, 6) is -2.73. The number of benzene rings is 3. The maximum absolute atomic E-state index is 15.3. The fourth-order valence-corrected chi connectivity index (χ4v) is 9.05. The summed E-state index contributed by atoms with van der Waals surface area (Å²) in [6, 6.07) is 26.7. The third-order valence-electron chi connectivity index (χ3n) is 12.0. The minimum absolute atomic E-state index is 0.140. The maximum atomic E-state index is 15.3. The molecule has 4 aliphatic rings. The number of allylic oxidation sites excluding steroid dienone is 2. The van der Waals surface area contributed by atoms with Gasteiger partial charge >= 0.3 is 0 Å². The van der Waals surface area contributed by atoms with E-state index in [9.17, 15) is 14.4 Å². The van der Waals surface area contributed by atoms with E-state index >= 15 is 4.79 Å². The van der Waals surface area contributed by atoms with Crippen LogP contribution in [0, 0.1) is 23.2 Å². The molecule has 0 bridgehead atoms. The first-order valence-corrected chi connectivity index (χ1v) is 19.0. The van der Waals surface area contributed by atoms with Crippen molar-refractivity contribution in [1.82, 2.24) is 21.3 Å². The third kappa shape index (κ3) is 7.32. The van der Waals surface area contributed by atoms with Crippen LogP contribution in [0.4, 0.5) is 0 Å². The Labute approximate surface area is 312 Å². The molecule has 9 atom stereocenters. The molecule has 3 aromatic carbocycles. The molecule has 1 aliphatic carbocycles. The number of fused-ring (bicyclic) bond motifs is 2. The smallest absolute Gasteiger partial charge is 0.243 e. The van der Waals surface area contributed by atoms with Crippen molar-refractivity contribution < 1.29 is 23.9 Å². The van der Waals surface area contributed by atoms with Gasteiger partial charge in [-0.2, -0.15) is 0 Å². The van der Waals surface area contributed by atoms with Crippen LogP contribution in [-0.2, 0) is 43.2 Å². The highest BCUT2D eigenvalue weighted by atomic mass is 16.6. The van der Waals surface area contributed by atoms with Gasteiger partial charge in [0.15, 0.2) is 0 Å². The van der Waals surface area contributed by atoms with E-state index in [1.807, 2.05) is 109 Å². The van der Waals surface area contributed by atoms with E-state index in [2.05, 4.69) is 41.2 Å². The van der Waals surface area contributed by atoms with Gasteiger partial charge in [-0.15, -0.1) is 0 Å². The molecule has 3 heterocycles. The van der Waals surface area contributed by atoms with E-state index in [1.54, 1.807) is 0 Å². The first kappa shape index (κ1) is 36.3. The van der Waals surface area contributed by atoms with Crippen LogP contribution in [0.15, 0.2) is 115 Å². The molecule has 2 saturated heterocycles. The number of hydrogen-bond donors (Lipinski definition) is 4. The van der Waals surface area contributed by atoms with Gasteiger partial charge in [-0.3, -0.25) is 19.2 Å². The molecule has 0 aromatic heterocycles. The van der Waals surface area contributed by atoms with Crippen molar-refractivity contribution in [3.05, 3.63) is 132 Å². The molecule has 1 saturated carbocycles. The Bertz CT molecular complexity index is 1850. The Morgan fingerprint density at radius 2 is 1.21 bits per heavy atom. The topological polar surface area (TPSA) is 129 Å². The molecule has 3 fully saturated rings. The fraction of sp³-hybridized carbons (Fsp3) is 0.409. The molecule has 9 heteroatoms. The van der Waals surface area contributed by atoms with E-state index in [4.69, 9.17) is 4.74 Å². The van der Waals surface area contributed by atoms with Gasteiger partial charge in [0.05, 0.1) is 11.7 Å². The molecular weight excluding hydrogens is 665 g/mol. The normalized spacial score (nSPS) is 34.3. The van der Waals surface area contributed by atoms with Crippen LogP contribution < -0.4 is 21.3 Å². The predicted octanol–water partition coefficient (Wildman–Crippen LogP) is 4.62. The second-order valence-corrected chi connectivity index (χ2v) is 15.2. The zero-order valence-corrected chi connectivity index (χ0v) is 30.5. The largest absolute Gasteiger partial charge is 0.365 e. The van der Waals surface area contributed by atoms with Gasteiger partial charge < -0.3 is 26.0 Å². The van der Waals surface area contributed by atoms with Gasteiger partial charge in [0.2, 0.25) is 23.6 Å². The van der Waals surface area contributed by atoms with Crippen LogP contribution in [0.3, 0.4) is 0 Å². The second kappa shape index (κ2) is 15.5. The van der Waals surface area contributed by atoms with Crippen molar-refractivity contribution in [2.45, 2.75) is 82.2 Å². The first-order chi connectivity index (χ1) is 25.7. The van der Waals surface area contributed by atoms with Crippen LogP contribution in [0.1, 0.15) is 49.8 Å². The Morgan fingerprint density at radius 3 is 1.83 bits per heavy atom. The lowest BCUT2D eigenvalue weighted by atomic mass is 9.52. The summed E-state index contributed by atoms with van der Waals surface area (Å²) in [7, 11) is 0. The van der Waals surface area contributed by atoms with E-state index in [0.29, 0.717) is 13.0 Å². The van der Waals surface area contributed by atoms with E-state index in [1.165, 1.54) is 0 Å². The first-order valence-electron chi connectivity index (χ1n) is 19.0. The van der Waals surface area contributed by atoms with Crippen LogP contribution in [0.5, 0.6) is 0 Å². The standard InChI is InChI=1S/C44H50N4O5/c1-29-37-34(26-30-18-10-7-11-19-30)47-41(51)44(37)33(38-43(29,2)53-38)24-16-5-3-4-6-17-25-45-39(49)35(27-31-20-12-8-13-21-31)46-40(50)36(48-42(44)52)28-32-22-14-9-15-23-32/h6-24,29,33-38H,3-5,25-28H2,1-2H3,(H,45,49)(H,46,50)(H,47,51)(H,48,52)/b17-6+,24-16+/t29-,33?,34-,35+,36+,37?,38-,43+,44+/m0/s1. The molecule has 1 spiro atoms. The molecule has 4 N–H and O–H groups in total. The molecule has 9 nitrogen and oxygen atoms in total. The molecule has 2 unspecified atom stereocenters. The lowest BCUT2D eigenvalue weighted by molar-refractivity contribution is -0.151. The number of carbonyl (C=O) groups excluding carboxylic acids is 4. The summed E-state index contributed by atoms with van der Waals surface area (Å²) in [6.45, 7) is 4.53. The minimum Gasteiger partial charge on any atom is -0.365 e. The number of ether oxygens (including phenoxy) is 1. The summed E-state index contributed by atoms with van der Waals surface area (Å²) >= 11 is 0. The van der Waals surface area contributed by atoms with Crippen molar-refractivity contribution in [1.29, 1.82) is 0 Å². The second-order valence-electron chi connectivity index (χ2n) is 15.2. The fourth-order valence-electron chi connectivity index (χ4n) is 9.05. The van der Waals surface area contributed by atoms with Gasteiger partial charge in [-0.25, -0.2) is 0 Å². The molecule has 7 rings (SSSR count). The average Bonchev–Trinajstić information content (AvgIpc) is 3.78. The SMILES string of the molecule is C[C@H]1C2[C@H](Cc3ccccc3)NC(=O)[C@]23C(=O)N[C@H](Cc2ccccc2)C(=O)N[C@H](Cc2ccccc2)C(=O)NC/C=C/CCC/C=C/C3[C@@H]2O[C@]12C. The zero-order chi connectivity index (χ0) is 37.0. The summed E-state index contributed by atoms with van der Waals surface area (Å²) in [6.07, 6.45) is 11.2. The molecular formula is C44H50N4O5. The van der Waals surface area contributed by atoms with Gasteiger partial charge in [-0.05, 0) is 55.2 Å². The lowest BCUT2D eigenvalue weighted by Gasteiger charge is -2.46. The quantitative estimate of drug-likeness (QED) is 0.168. The summed E-state index contributed by atoms with van der Waals surface area (Å²) in [5.41, 5.74) is 0.765. The minimum atomic E-state index is -1.53. The van der Waals surface area contributed by atoms with Crippen molar-refractivity contribution in [2.24, 2.45) is 23.2 Å². The summed E-state index contributed by atoms with van der Waals surface area (Å²) in [5, 5.41) is 12.4. The molecule has 0 radical (unpaired) electrons. The lowest BCUT2D eigenvalue weighted by Crippen LogP contribution is -2.64. The van der Waals surface area contributed by atoms with E-state index in [-0.39, 0.29) is 42.7 Å². The molecule has 53 heavy (non-hydrogen) atoms. The van der Waals surface area contributed by atoms with Crippen LogP contribution in [0.25, 0.3) is 0 Å². The molecule has 3 aliphatic heterocycles. The van der Waals surface area contributed by atoms with Crippen molar-refractivity contribution in [2.75, 3.05) is 6.54 Å². The molecule has 276 valence electrons. The highest BCUT2D eigenvalue weighted by Crippen LogP contribution is 2.65. The van der Waals surface area contributed by atoms with Gasteiger partial charge in [0.1, 0.15) is 17.5 Å². The van der Waals surface area contributed by atoms with Gasteiger partial charge in [-0.1, -0.05) is 122 Å².